The molecule has 1 saturated heterocycles. The van der Waals surface area contributed by atoms with Crippen molar-refractivity contribution < 1.29 is 26.4 Å². The van der Waals surface area contributed by atoms with Crippen LogP contribution in [0.1, 0.15) is 36.2 Å². The SMILES string of the molecule is CC1CN(S(=O)(=O)c2ccc(C(=O)N3CCCc4cc(S(C)(=O)=O)ccc43)cc2)CC(C)O1. The summed E-state index contributed by atoms with van der Waals surface area (Å²) in [6.07, 6.45) is 2.19. The van der Waals surface area contributed by atoms with Crippen LogP contribution < -0.4 is 4.90 Å². The quantitative estimate of drug-likeness (QED) is 0.650. The summed E-state index contributed by atoms with van der Waals surface area (Å²) in [5, 5.41) is 0. The van der Waals surface area contributed by atoms with Crippen molar-refractivity contribution in [1.82, 2.24) is 4.31 Å². The number of ether oxygens (including phenoxy) is 1. The van der Waals surface area contributed by atoms with Gasteiger partial charge in [0.05, 0.1) is 22.0 Å². The first-order valence-electron chi connectivity index (χ1n) is 10.9. The number of morpholine rings is 1. The second-order valence-electron chi connectivity index (χ2n) is 8.73. The Labute approximate surface area is 195 Å². The smallest absolute Gasteiger partial charge is 0.258 e. The molecular formula is C23H28N2O6S2. The third kappa shape index (κ3) is 4.84. The van der Waals surface area contributed by atoms with E-state index in [1.165, 1.54) is 34.6 Å². The van der Waals surface area contributed by atoms with Crippen LogP contribution in [-0.2, 0) is 31.0 Å². The van der Waals surface area contributed by atoms with Crippen molar-refractivity contribution >= 4 is 31.5 Å². The molecule has 1 amide bonds. The first kappa shape index (κ1) is 23.9. The van der Waals surface area contributed by atoms with Gasteiger partial charge in [-0.25, -0.2) is 16.8 Å². The molecule has 178 valence electrons. The number of hydrogen-bond acceptors (Lipinski definition) is 6. The van der Waals surface area contributed by atoms with Gasteiger partial charge in [0.2, 0.25) is 10.0 Å². The van der Waals surface area contributed by atoms with E-state index in [4.69, 9.17) is 4.74 Å². The third-order valence-electron chi connectivity index (χ3n) is 5.97. The molecule has 2 aliphatic heterocycles. The molecule has 0 aromatic heterocycles. The minimum Gasteiger partial charge on any atom is -0.373 e. The Morgan fingerprint density at radius 3 is 2.15 bits per heavy atom. The molecule has 2 atom stereocenters. The van der Waals surface area contributed by atoms with Crippen molar-refractivity contribution in [3.63, 3.8) is 0 Å². The maximum absolute atomic E-state index is 13.2. The van der Waals surface area contributed by atoms with Gasteiger partial charge < -0.3 is 9.64 Å². The van der Waals surface area contributed by atoms with E-state index in [2.05, 4.69) is 0 Å². The number of carbonyl (C=O) groups is 1. The van der Waals surface area contributed by atoms with E-state index in [1.54, 1.807) is 17.0 Å². The first-order chi connectivity index (χ1) is 15.5. The molecule has 2 heterocycles. The number of amides is 1. The van der Waals surface area contributed by atoms with E-state index in [0.29, 0.717) is 30.6 Å². The molecule has 2 aromatic rings. The summed E-state index contributed by atoms with van der Waals surface area (Å²) in [5.41, 5.74) is 1.87. The van der Waals surface area contributed by atoms with Gasteiger partial charge in [-0.3, -0.25) is 4.79 Å². The molecule has 0 saturated carbocycles. The molecule has 2 aromatic carbocycles. The summed E-state index contributed by atoms with van der Waals surface area (Å²) in [6.45, 7) is 4.76. The minimum atomic E-state index is -3.69. The van der Waals surface area contributed by atoms with Gasteiger partial charge in [0.1, 0.15) is 0 Å². The van der Waals surface area contributed by atoms with Crippen LogP contribution in [0.3, 0.4) is 0 Å². The number of anilines is 1. The van der Waals surface area contributed by atoms with E-state index in [0.717, 1.165) is 11.8 Å². The molecule has 0 radical (unpaired) electrons. The lowest BCUT2D eigenvalue weighted by molar-refractivity contribution is -0.0440. The molecular weight excluding hydrogens is 464 g/mol. The fourth-order valence-corrected chi connectivity index (χ4v) is 6.68. The molecule has 1 fully saturated rings. The maximum atomic E-state index is 13.2. The summed E-state index contributed by atoms with van der Waals surface area (Å²) in [6, 6.07) is 10.8. The summed E-state index contributed by atoms with van der Waals surface area (Å²) in [4.78, 5) is 15.2. The minimum absolute atomic E-state index is 0.136. The topological polar surface area (TPSA) is 101 Å². The van der Waals surface area contributed by atoms with Crippen molar-refractivity contribution in [2.24, 2.45) is 0 Å². The lowest BCUT2D eigenvalue weighted by Crippen LogP contribution is -2.48. The van der Waals surface area contributed by atoms with Crippen molar-refractivity contribution in [2.75, 3.05) is 30.8 Å². The van der Waals surface area contributed by atoms with Gasteiger partial charge in [-0.15, -0.1) is 0 Å². The molecule has 0 bridgehead atoms. The largest absolute Gasteiger partial charge is 0.373 e. The van der Waals surface area contributed by atoms with Crippen LogP contribution >= 0.6 is 0 Å². The second kappa shape index (κ2) is 8.83. The summed E-state index contributed by atoms with van der Waals surface area (Å²) < 4.78 is 56.9. The summed E-state index contributed by atoms with van der Waals surface area (Å²) in [7, 11) is -7.02. The Bertz CT molecular complexity index is 1260. The van der Waals surface area contributed by atoms with Gasteiger partial charge in [-0.05, 0) is 74.7 Å². The van der Waals surface area contributed by atoms with Crippen LogP contribution in [-0.4, -0.2) is 65.1 Å². The highest BCUT2D eigenvalue weighted by Gasteiger charge is 2.32. The Morgan fingerprint density at radius 2 is 1.55 bits per heavy atom. The van der Waals surface area contributed by atoms with E-state index in [-0.39, 0.29) is 41.0 Å². The van der Waals surface area contributed by atoms with Crippen LogP contribution in [0.4, 0.5) is 5.69 Å². The molecule has 8 nitrogen and oxygen atoms in total. The number of benzene rings is 2. The number of hydrogen-bond donors (Lipinski definition) is 0. The van der Waals surface area contributed by atoms with E-state index < -0.39 is 19.9 Å². The fraction of sp³-hybridized carbons (Fsp3) is 0.435. The zero-order valence-corrected chi connectivity index (χ0v) is 20.5. The monoisotopic (exact) mass is 492 g/mol. The van der Waals surface area contributed by atoms with Gasteiger partial charge in [0.15, 0.2) is 9.84 Å². The van der Waals surface area contributed by atoms with E-state index in [9.17, 15) is 21.6 Å². The van der Waals surface area contributed by atoms with Crippen LogP contribution in [0, 0.1) is 0 Å². The van der Waals surface area contributed by atoms with E-state index in [1.807, 2.05) is 13.8 Å². The van der Waals surface area contributed by atoms with Gasteiger partial charge >= 0.3 is 0 Å². The number of nitrogens with zero attached hydrogens (tertiary/aromatic N) is 2. The second-order valence-corrected chi connectivity index (χ2v) is 12.7. The molecule has 33 heavy (non-hydrogen) atoms. The highest BCUT2D eigenvalue weighted by molar-refractivity contribution is 7.90. The predicted octanol–water partition coefficient (Wildman–Crippen LogP) is 2.48. The number of sulfonamides is 1. The van der Waals surface area contributed by atoms with Gasteiger partial charge in [-0.1, -0.05) is 0 Å². The predicted molar refractivity (Wildman–Crippen MR) is 125 cm³/mol. The Hall–Kier alpha value is -2.27. The number of sulfone groups is 1. The van der Waals surface area contributed by atoms with Crippen LogP contribution in [0.25, 0.3) is 0 Å². The van der Waals surface area contributed by atoms with Crippen LogP contribution in [0.5, 0.6) is 0 Å². The Kier molecular flexibility index (Phi) is 6.38. The zero-order valence-electron chi connectivity index (χ0n) is 18.9. The lowest BCUT2D eigenvalue weighted by Gasteiger charge is -2.34. The normalized spacial score (nSPS) is 22.1. The average molecular weight is 493 g/mol. The van der Waals surface area contributed by atoms with Crippen molar-refractivity contribution in [3.05, 3.63) is 53.6 Å². The molecule has 0 spiro atoms. The molecule has 10 heteroatoms. The zero-order chi connectivity index (χ0) is 24.0. The fourth-order valence-electron chi connectivity index (χ4n) is 4.42. The van der Waals surface area contributed by atoms with E-state index >= 15 is 0 Å². The molecule has 2 aliphatic rings. The average Bonchev–Trinajstić information content (AvgIpc) is 2.76. The van der Waals surface area contributed by atoms with Crippen LogP contribution in [0.15, 0.2) is 52.3 Å². The van der Waals surface area contributed by atoms with Gasteiger partial charge in [-0.2, -0.15) is 4.31 Å². The molecule has 2 unspecified atom stereocenters. The summed E-state index contributed by atoms with van der Waals surface area (Å²) in [5.74, 6) is -0.249. The van der Waals surface area contributed by atoms with Crippen molar-refractivity contribution in [1.29, 1.82) is 0 Å². The number of fused-ring (bicyclic) bond motifs is 1. The molecule has 4 rings (SSSR count). The van der Waals surface area contributed by atoms with Gasteiger partial charge in [0, 0.05) is 37.1 Å². The summed E-state index contributed by atoms with van der Waals surface area (Å²) >= 11 is 0. The number of carbonyl (C=O) groups excluding carboxylic acids is 1. The lowest BCUT2D eigenvalue weighted by atomic mass is 10.0. The van der Waals surface area contributed by atoms with Gasteiger partial charge in [0.25, 0.3) is 5.91 Å². The number of rotatable bonds is 4. The molecule has 0 aliphatic carbocycles. The Morgan fingerprint density at radius 1 is 0.939 bits per heavy atom. The highest BCUT2D eigenvalue weighted by Crippen LogP contribution is 2.31. The first-order valence-corrected chi connectivity index (χ1v) is 14.2. The van der Waals surface area contributed by atoms with Crippen LogP contribution in [0.2, 0.25) is 0 Å². The standard InChI is InChI=1S/C23H28N2O6S2/c1-16-14-24(15-17(2)31-16)33(29,30)20-8-6-18(7-9-20)23(26)25-12-4-5-19-13-21(32(3,27)28)10-11-22(19)25/h6-11,13,16-17H,4-5,12,14-15H2,1-3H3. The van der Waals surface area contributed by atoms with Crippen molar-refractivity contribution in [3.8, 4) is 0 Å². The number of aryl methyl sites for hydroxylation is 1. The van der Waals surface area contributed by atoms with Crippen molar-refractivity contribution in [2.45, 2.75) is 48.7 Å². The Balaban J connectivity index is 1.57. The highest BCUT2D eigenvalue weighted by atomic mass is 32.2. The maximum Gasteiger partial charge on any atom is 0.258 e. The third-order valence-corrected chi connectivity index (χ3v) is 8.92. The molecule has 0 N–H and O–H groups in total.